The Kier molecular flexibility index (Phi) is 5.88. The molecule has 0 aliphatic carbocycles. The maximum atomic E-state index is 8.83. The van der Waals surface area contributed by atoms with Gasteiger partial charge in [-0.05, 0) is 34.1 Å². The van der Waals surface area contributed by atoms with Gasteiger partial charge in [0.25, 0.3) is 0 Å². The summed E-state index contributed by atoms with van der Waals surface area (Å²) in [7, 11) is 0. The molecule has 116 valence electrons. The van der Waals surface area contributed by atoms with E-state index in [9.17, 15) is 0 Å². The minimum Gasteiger partial charge on any atom is -0.264 e. The van der Waals surface area contributed by atoms with E-state index < -0.39 is 0 Å². The zero-order valence-electron chi connectivity index (χ0n) is 14.5. The van der Waals surface area contributed by atoms with Crippen LogP contribution in [0, 0.1) is 11.3 Å². The highest BCUT2D eigenvalue weighted by molar-refractivity contribution is 5.41. The maximum Gasteiger partial charge on any atom is 0.0994 e. The Morgan fingerprint density at radius 1 is 0.864 bits per heavy atom. The van der Waals surface area contributed by atoms with Crippen molar-refractivity contribution in [1.82, 2.24) is 4.98 Å². The topological polar surface area (TPSA) is 36.7 Å². The molecule has 2 nitrogen and oxygen atoms in total. The average molecular weight is 294 g/mol. The van der Waals surface area contributed by atoms with Crippen LogP contribution in [0.2, 0.25) is 0 Å². The minimum atomic E-state index is 0.0618. The number of pyridine rings is 1. The molecular weight excluding hydrogens is 268 g/mol. The summed E-state index contributed by atoms with van der Waals surface area (Å²) in [5.41, 5.74) is 3.48. The predicted octanol–water partition coefficient (Wildman–Crippen LogP) is 5.23. The largest absolute Gasteiger partial charge is 0.264 e. The summed E-state index contributed by atoms with van der Waals surface area (Å²) in [6, 6.07) is 14.0. The van der Waals surface area contributed by atoms with Crippen LogP contribution in [0.3, 0.4) is 0 Å². The normalized spacial score (nSPS) is 11.1. The van der Waals surface area contributed by atoms with Gasteiger partial charge in [0.1, 0.15) is 0 Å². The summed E-state index contributed by atoms with van der Waals surface area (Å²) in [4.78, 5) is 4.05. The van der Waals surface area contributed by atoms with Crippen molar-refractivity contribution in [2.75, 3.05) is 0 Å². The van der Waals surface area contributed by atoms with Gasteiger partial charge in [0.15, 0.2) is 0 Å². The van der Waals surface area contributed by atoms with Crippen molar-refractivity contribution in [3.05, 3.63) is 65.5 Å². The number of hydrogen-bond donors (Lipinski definition) is 0. The van der Waals surface area contributed by atoms with E-state index in [2.05, 4.69) is 58.7 Å². The number of nitrogens with zero attached hydrogens (tertiary/aromatic N) is 2. The molecule has 0 unspecified atom stereocenters. The van der Waals surface area contributed by atoms with Crippen molar-refractivity contribution in [2.45, 2.75) is 52.4 Å². The SMILES string of the molecule is CC(C)(C)c1ccccc1C#N.CC(C)(C)c1cccnc1. The molecule has 0 amide bonds. The molecule has 0 spiro atoms. The zero-order chi connectivity index (χ0) is 16.8. The standard InChI is InChI=1S/C11H13N.C9H13N/c1-11(2,3)10-7-5-4-6-9(10)8-12;1-9(2,3)8-5-4-6-10-7-8/h4-7H,1-3H3;4-7H,1-3H3. The monoisotopic (exact) mass is 294 g/mol. The number of nitriles is 1. The van der Waals surface area contributed by atoms with Gasteiger partial charge in [-0.3, -0.25) is 4.98 Å². The van der Waals surface area contributed by atoms with E-state index in [1.807, 2.05) is 36.5 Å². The van der Waals surface area contributed by atoms with Crippen molar-refractivity contribution in [3.8, 4) is 6.07 Å². The van der Waals surface area contributed by atoms with Gasteiger partial charge in [-0.15, -0.1) is 0 Å². The second-order valence-electron chi connectivity index (χ2n) is 7.40. The smallest absolute Gasteiger partial charge is 0.0994 e. The fourth-order valence-electron chi connectivity index (χ4n) is 2.04. The molecule has 2 heteroatoms. The molecule has 0 atom stereocenters. The minimum absolute atomic E-state index is 0.0618. The molecule has 1 heterocycles. The van der Waals surface area contributed by atoms with Crippen LogP contribution in [0.5, 0.6) is 0 Å². The van der Waals surface area contributed by atoms with Gasteiger partial charge in [0.05, 0.1) is 11.6 Å². The Bertz CT molecular complexity index is 623. The number of hydrogen-bond acceptors (Lipinski definition) is 2. The summed E-state index contributed by atoms with van der Waals surface area (Å²) in [5.74, 6) is 0. The molecule has 1 aromatic heterocycles. The molecule has 0 saturated heterocycles. The van der Waals surface area contributed by atoms with Crippen LogP contribution in [0.25, 0.3) is 0 Å². The first-order chi connectivity index (χ1) is 10.2. The van der Waals surface area contributed by atoms with E-state index in [-0.39, 0.29) is 10.8 Å². The van der Waals surface area contributed by atoms with Gasteiger partial charge >= 0.3 is 0 Å². The summed E-state index contributed by atoms with van der Waals surface area (Å²) in [6.45, 7) is 12.9. The molecule has 0 bridgehead atoms. The molecule has 0 fully saturated rings. The lowest BCUT2D eigenvalue weighted by Crippen LogP contribution is -2.12. The van der Waals surface area contributed by atoms with E-state index in [1.165, 1.54) is 5.56 Å². The van der Waals surface area contributed by atoms with Crippen molar-refractivity contribution >= 4 is 0 Å². The third kappa shape index (κ3) is 5.33. The first kappa shape index (κ1) is 17.9. The molecule has 0 radical (unpaired) electrons. The average Bonchev–Trinajstić information content (AvgIpc) is 2.47. The summed E-state index contributed by atoms with van der Waals surface area (Å²) in [5, 5.41) is 8.83. The lowest BCUT2D eigenvalue weighted by Gasteiger charge is -2.19. The second kappa shape index (κ2) is 7.22. The Morgan fingerprint density at radius 2 is 1.50 bits per heavy atom. The molecule has 0 saturated carbocycles. The molecule has 2 rings (SSSR count). The van der Waals surface area contributed by atoms with Gasteiger partial charge in [0.2, 0.25) is 0 Å². The van der Waals surface area contributed by atoms with Gasteiger partial charge in [0, 0.05) is 12.4 Å². The van der Waals surface area contributed by atoms with Crippen LogP contribution >= 0.6 is 0 Å². The zero-order valence-corrected chi connectivity index (χ0v) is 14.5. The molecular formula is C20H26N2. The summed E-state index contributed by atoms with van der Waals surface area (Å²) >= 11 is 0. The molecule has 1 aromatic carbocycles. The third-order valence-electron chi connectivity index (χ3n) is 3.38. The quantitative estimate of drug-likeness (QED) is 0.666. The van der Waals surface area contributed by atoms with Crippen LogP contribution in [-0.2, 0) is 10.8 Å². The van der Waals surface area contributed by atoms with Crippen molar-refractivity contribution in [2.24, 2.45) is 0 Å². The van der Waals surface area contributed by atoms with Crippen molar-refractivity contribution in [3.63, 3.8) is 0 Å². The Balaban J connectivity index is 0.000000224. The van der Waals surface area contributed by atoms with Crippen LogP contribution in [0.15, 0.2) is 48.8 Å². The highest BCUT2D eigenvalue weighted by Gasteiger charge is 2.16. The van der Waals surface area contributed by atoms with E-state index in [0.717, 1.165) is 11.1 Å². The highest BCUT2D eigenvalue weighted by Crippen LogP contribution is 2.24. The van der Waals surface area contributed by atoms with Crippen LogP contribution in [0.4, 0.5) is 0 Å². The second-order valence-corrected chi connectivity index (χ2v) is 7.40. The molecule has 0 N–H and O–H groups in total. The Hall–Kier alpha value is -2.14. The van der Waals surface area contributed by atoms with Crippen molar-refractivity contribution in [1.29, 1.82) is 5.26 Å². The molecule has 0 aliphatic rings. The lowest BCUT2D eigenvalue weighted by molar-refractivity contribution is 0.587. The van der Waals surface area contributed by atoms with E-state index >= 15 is 0 Å². The van der Waals surface area contributed by atoms with Gasteiger partial charge < -0.3 is 0 Å². The Labute approximate surface area is 134 Å². The number of aromatic nitrogens is 1. The highest BCUT2D eigenvalue weighted by atomic mass is 14.6. The first-order valence-corrected chi connectivity index (χ1v) is 7.56. The first-order valence-electron chi connectivity index (χ1n) is 7.56. The summed E-state index contributed by atoms with van der Waals surface area (Å²) < 4.78 is 0. The fourth-order valence-corrected chi connectivity index (χ4v) is 2.04. The van der Waals surface area contributed by atoms with E-state index in [1.54, 1.807) is 6.20 Å². The van der Waals surface area contributed by atoms with E-state index in [0.29, 0.717) is 0 Å². The number of benzene rings is 1. The van der Waals surface area contributed by atoms with Gasteiger partial charge in [-0.1, -0.05) is 65.8 Å². The molecule has 2 aromatic rings. The van der Waals surface area contributed by atoms with Crippen molar-refractivity contribution < 1.29 is 0 Å². The van der Waals surface area contributed by atoms with Gasteiger partial charge in [-0.2, -0.15) is 5.26 Å². The van der Waals surface area contributed by atoms with Crippen LogP contribution in [-0.4, -0.2) is 4.98 Å². The van der Waals surface area contributed by atoms with Gasteiger partial charge in [-0.25, -0.2) is 0 Å². The lowest BCUT2D eigenvalue weighted by atomic mass is 9.84. The Morgan fingerprint density at radius 3 is 1.86 bits per heavy atom. The molecule has 22 heavy (non-hydrogen) atoms. The molecule has 0 aliphatic heterocycles. The fraction of sp³-hybridized carbons (Fsp3) is 0.400. The van der Waals surface area contributed by atoms with Crippen LogP contribution < -0.4 is 0 Å². The van der Waals surface area contributed by atoms with E-state index in [4.69, 9.17) is 5.26 Å². The number of rotatable bonds is 0. The van der Waals surface area contributed by atoms with Crippen LogP contribution in [0.1, 0.15) is 58.2 Å². The summed E-state index contributed by atoms with van der Waals surface area (Å²) in [6.07, 6.45) is 3.72. The maximum absolute atomic E-state index is 8.83. The predicted molar refractivity (Wildman–Crippen MR) is 92.8 cm³/mol. The third-order valence-corrected chi connectivity index (χ3v) is 3.38.